The second kappa shape index (κ2) is 13.1. The number of allylic oxidation sites excluding steroid dienone is 1. The van der Waals surface area contributed by atoms with E-state index in [9.17, 15) is 0 Å². The van der Waals surface area contributed by atoms with Crippen LogP contribution in [0.1, 0.15) is 20.8 Å². The van der Waals surface area contributed by atoms with Crippen LogP contribution < -0.4 is 10.1 Å². The van der Waals surface area contributed by atoms with Gasteiger partial charge in [-0.2, -0.15) is 0 Å². The van der Waals surface area contributed by atoms with Gasteiger partial charge in [-0.05, 0) is 51.2 Å². The van der Waals surface area contributed by atoms with Gasteiger partial charge >= 0.3 is 12.3 Å². The molecule has 0 fully saturated rings. The van der Waals surface area contributed by atoms with Crippen LogP contribution >= 0.6 is 0 Å². The molecule has 0 heterocycles. The summed E-state index contributed by atoms with van der Waals surface area (Å²) >= 11 is 0. The highest BCUT2D eigenvalue weighted by atomic mass is 16.6. The molecular formula is C14H21NO7. The molecule has 0 aliphatic carbocycles. The Balaban J connectivity index is 0. The van der Waals surface area contributed by atoms with Crippen molar-refractivity contribution in [3.05, 3.63) is 36.0 Å². The number of anilines is 1. The Bertz CT molecular complexity index is 445. The van der Waals surface area contributed by atoms with E-state index in [0.717, 1.165) is 11.4 Å². The van der Waals surface area contributed by atoms with Gasteiger partial charge in [0.25, 0.3) is 0 Å². The molecule has 0 aliphatic heterocycles. The third-order valence-corrected chi connectivity index (χ3v) is 1.69. The Hall–Kier alpha value is -2.90. The summed E-state index contributed by atoms with van der Waals surface area (Å²) in [6.07, 6.45) is -1.68. The van der Waals surface area contributed by atoms with E-state index < -0.39 is 12.3 Å². The molecular weight excluding hydrogens is 294 g/mol. The number of hydrogen-bond acceptors (Lipinski definition) is 4. The second-order valence-electron chi connectivity index (χ2n) is 3.89. The summed E-state index contributed by atoms with van der Waals surface area (Å²) in [7, 11) is 0. The fourth-order valence-corrected chi connectivity index (χ4v) is 1.04. The van der Waals surface area contributed by atoms with Crippen LogP contribution in [0.15, 0.2) is 36.0 Å². The summed E-state index contributed by atoms with van der Waals surface area (Å²) in [5.74, 6) is 0.912. The summed E-state index contributed by atoms with van der Waals surface area (Å²) in [5, 5.41) is 31.1. The van der Waals surface area contributed by atoms with E-state index in [4.69, 9.17) is 34.8 Å². The molecule has 0 amide bonds. The van der Waals surface area contributed by atoms with Gasteiger partial charge in [0.1, 0.15) is 5.75 Å². The summed E-state index contributed by atoms with van der Waals surface area (Å²) in [6, 6.07) is 7.93. The molecule has 0 spiro atoms. The minimum Gasteiger partial charge on any atom is -0.494 e. The molecule has 8 nitrogen and oxygen atoms in total. The van der Waals surface area contributed by atoms with Crippen molar-refractivity contribution in [2.45, 2.75) is 20.8 Å². The Kier molecular flexibility index (Phi) is 12.7. The molecule has 124 valence electrons. The standard InChI is InChI=1S/C12H17NO.2CH2O3/c1-4-14-12-7-5-11(6-8-12)13-9-10(2)3;2*2-1(3)4/h5-9,13H,4H2,1-3H3;2*(H2,2,3,4). The van der Waals surface area contributed by atoms with Crippen molar-refractivity contribution in [2.75, 3.05) is 11.9 Å². The Morgan fingerprint density at radius 2 is 1.45 bits per heavy atom. The van der Waals surface area contributed by atoms with Crippen molar-refractivity contribution < 1.29 is 34.8 Å². The molecule has 1 rings (SSSR count). The molecule has 8 heteroatoms. The van der Waals surface area contributed by atoms with Gasteiger partial charge in [-0.15, -0.1) is 0 Å². The first-order chi connectivity index (χ1) is 10.2. The van der Waals surface area contributed by atoms with Crippen LogP contribution in [0, 0.1) is 0 Å². The zero-order chi connectivity index (χ0) is 17.5. The van der Waals surface area contributed by atoms with Crippen LogP contribution in [0.25, 0.3) is 0 Å². The Morgan fingerprint density at radius 3 is 1.77 bits per heavy atom. The molecule has 1 aromatic carbocycles. The van der Waals surface area contributed by atoms with Gasteiger partial charge in [0.05, 0.1) is 6.61 Å². The summed E-state index contributed by atoms with van der Waals surface area (Å²) in [5.41, 5.74) is 2.33. The highest BCUT2D eigenvalue weighted by Crippen LogP contribution is 2.15. The highest BCUT2D eigenvalue weighted by Gasteiger charge is 1.91. The SMILES string of the molecule is CCOc1ccc(NC=C(C)C)cc1.O=C(O)O.O=C(O)O. The largest absolute Gasteiger partial charge is 0.503 e. The van der Waals surface area contributed by atoms with Gasteiger partial charge in [-0.1, -0.05) is 5.57 Å². The lowest BCUT2D eigenvalue weighted by atomic mass is 10.3. The van der Waals surface area contributed by atoms with Crippen LogP contribution in [0.4, 0.5) is 15.3 Å². The van der Waals surface area contributed by atoms with E-state index in [1.807, 2.05) is 37.4 Å². The Morgan fingerprint density at radius 1 is 1.05 bits per heavy atom. The van der Waals surface area contributed by atoms with E-state index in [1.165, 1.54) is 5.57 Å². The van der Waals surface area contributed by atoms with Crippen molar-refractivity contribution in [1.82, 2.24) is 0 Å². The number of rotatable bonds is 4. The number of carboxylic acid groups (broad SMARTS) is 4. The lowest BCUT2D eigenvalue weighted by Crippen LogP contribution is -1.92. The molecule has 0 saturated heterocycles. The van der Waals surface area contributed by atoms with Gasteiger partial charge in [0.2, 0.25) is 0 Å². The smallest absolute Gasteiger partial charge is 0.494 e. The number of nitrogens with one attached hydrogen (secondary N) is 1. The van der Waals surface area contributed by atoms with Crippen molar-refractivity contribution in [3.8, 4) is 5.75 Å². The predicted molar refractivity (Wildman–Crippen MR) is 82.0 cm³/mol. The maximum atomic E-state index is 8.56. The lowest BCUT2D eigenvalue weighted by Gasteiger charge is -2.04. The minimum atomic E-state index is -1.83. The molecule has 0 aliphatic rings. The fourth-order valence-electron chi connectivity index (χ4n) is 1.04. The first-order valence-electron chi connectivity index (χ1n) is 6.15. The summed E-state index contributed by atoms with van der Waals surface area (Å²) in [6.45, 7) is 6.80. The molecule has 0 unspecified atom stereocenters. The van der Waals surface area contributed by atoms with Crippen molar-refractivity contribution in [2.24, 2.45) is 0 Å². The first kappa shape index (κ1) is 21.4. The highest BCUT2D eigenvalue weighted by molar-refractivity contribution is 5.53. The zero-order valence-corrected chi connectivity index (χ0v) is 12.6. The number of ether oxygens (including phenoxy) is 1. The molecule has 0 aromatic heterocycles. The molecule has 1 aromatic rings. The van der Waals surface area contributed by atoms with Gasteiger partial charge < -0.3 is 30.5 Å². The van der Waals surface area contributed by atoms with Crippen LogP contribution in [-0.4, -0.2) is 39.3 Å². The van der Waals surface area contributed by atoms with Crippen LogP contribution in [0.3, 0.4) is 0 Å². The van der Waals surface area contributed by atoms with Gasteiger partial charge in [0, 0.05) is 5.69 Å². The third-order valence-electron chi connectivity index (χ3n) is 1.69. The first-order valence-corrected chi connectivity index (χ1v) is 6.15. The van der Waals surface area contributed by atoms with Gasteiger partial charge in [-0.3, -0.25) is 0 Å². The lowest BCUT2D eigenvalue weighted by molar-refractivity contribution is 0.135. The molecule has 0 atom stereocenters. The number of carbonyl (C=O) groups is 2. The second-order valence-corrected chi connectivity index (χ2v) is 3.89. The topological polar surface area (TPSA) is 136 Å². The van der Waals surface area contributed by atoms with E-state index in [0.29, 0.717) is 6.61 Å². The van der Waals surface area contributed by atoms with Crippen LogP contribution in [0.5, 0.6) is 5.75 Å². The predicted octanol–water partition coefficient (Wildman–Crippen LogP) is 3.87. The Labute approximate surface area is 128 Å². The van der Waals surface area contributed by atoms with Crippen molar-refractivity contribution in [3.63, 3.8) is 0 Å². The minimum absolute atomic E-state index is 0.709. The monoisotopic (exact) mass is 315 g/mol. The number of hydrogen-bond donors (Lipinski definition) is 5. The van der Waals surface area contributed by atoms with E-state index in [-0.39, 0.29) is 0 Å². The average Bonchev–Trinajstić information content (AvgIpc) is 2.37. The zero-order valence-electron chi connectivity index (χ0n) is 12.6. The van der Waals surface area contributed by atoms with E-state index in [2.05, 4.69) is 19.2 Å². The van der Waals surface area contributed by atoms with Crippen LogP contribution in [0.2, 0.25) is 0 Å². The quantitative estimate of drug-likeness (QED) is 0.565. The summed E-state index contributed by atoms with van der Waals surface area (Å²) < 4.78 is 5.34. The average molecular weight is 315 g/mol. The van der Waals surface area contributed by atoms with Crippen molar-refractivity contribution in [1.29, 1.82) is 0 Å². The number of benzene rings is 1. The molecule has 0 radical (unpaired) electrons. The third kappa shape index (κ3) is 19.4. The van der Waals surface area contributed by atoms with Gasteiger partial charge in [0.15, 0.2) is 0 Å². The van der Waals surface area contributed by atoms with E-state index in [1.54, 1.807) is 0 Å². The molecule has 5 N–H and O–H groups in total. The van der Waals surface area contributed by atoms with Gasteiger partial charge in [-0.25, -0.2) is 9.59 Å². The normalized spacial score (nSPS) is 8.14. The summed E-state index contributed by atoms with van der Waals surface area (Å²) in [4.78, 5) is 17.1. The molecule has 0 saturated carbocycles. The molecule has 0 bridgehead atoms. The maximum Gasteiger partial charge on any atom is 0.503 e. The molecule has 22 heavy (non-hydrogen) atoms. The van der Waals surface area contributed by atoms with E-state index >= 15 is 0 Å². The maximum absolute atomic E-state index is 8.56. The van der Waals surface area contributed by atoms with Crippen LogP contribution in [-0.2, 0) is 0 Å². The van der Waals surface area contributed by atoms with Crippen molar-refractivity contribution >= 4 is 18.0 Å². The fraction of sp³-hybridized carbons (Fsp3) is 0.286.